The van der Waals surface area contributed by atoms with Gasteiger partial charge in [0, 0.05) is 0 Å². The average molecular weight is 210 g/mol. The maximum atomic E-state index is 10.1. The van der Waals surface area contributed by atoms with Crippen molar-refractivity contribution in [1.82, 2.24) is 0 Å². The van der Waals surface area contributed by atoms with E-state index in [1.54, 1.807) is 0 Å². The number of aliphatic hydroxyl groups excluding tert-OH is 1. The molecule has 0 radical (unpaired) electrons. The van der Waals surface area contributed by atoms with Crippen molar-refractivity contribution in [3.05, 3.63) is 78.4 Å². The summed E-state index contributed by atoms with van der Waals surface area (Å²) in [5, 5.41) is 10.1. The van der Waals surface area contributed by atoms with Crippen molar-refractivity contribution in [1.29, 1.82) is 0 Å². The van der Waals surface area contributed by atoms with E-state index in [2.05, 4.69) is 6.58 Å². The molecule has 2 aromatic carbocycles. The zero-order chi connectivity index (χ0) is 11.4. The van der Waals surface area contributed by atoms with Crippen molar-refractivity contribution >= 4 is 5.57 Å². The normalized spacial score (nSPS) is 12.1. The minimum absolute atomic E-state index is 0.636. The first-order valence-corrected chi connectivity index (χ1v) is 5.26. The Morgan fingerprint density at radius 1 is 0.875 bits per heavy atom. The van der Waals surface area contributed by atoms with Gasteiger partial charge in [0.2, 0.25) is 0 Å². The molecule has 1 heteroatoms. The minimum Gasteiger partial charge on any atom is -0.384 e. The van der Waals surface area contributed by atoms with Gasteiger partial charge in [0.05, 0.1) is 0 Å². The van der Waals surface area contributed by atoms with Crippen LogP contribution in [0.5, 0.6) is 0 Å². The van der Waals surface area contributed by atoms with Gasteiger partial charge in [-0.3, -0.25) is 0 Å². The predicted octanol–water partition coefficient (Wildman–Crippen LogP) is 3.43. The van der Waals surface area contributed by atoms with Gasteiger partial charge >= 0.3 is 0 Å². The number of hydrogen-bond donors (Lipinski definition) is 1. The molecule has 1 N–H and O–H groups in total. The highest BCUT2D eigenvalue weighted by Gasteiger charge is 2.11. The Balaban J connectivity index is 2.24. The third-order valence-electron chi connectivity index (χ3n) is 2.59. The zero-order valence-electron chi connectivity index (χ0n) is 9.01. The molecule has 1 unspecified atom stereocenters. The fourth-order valence-corrected chi connectivity index (χ4v) is 1.65. The second kappa shape index (κ2) is 4.77. The van der Waals surface area contributed by atoms with Gasteiger partial charge in [-0.25, -0.2) is 0 Å². The molecule has 16 heavy (non-hydrogen) atoms. The Kier molecular flexibility index (Phi) is 3.18. The highest BCUT2D eigenvalue weighted by Crippen LogP contribution is 2.27. The fourth-order valence-electron chi connectivity index (χ4n) is 1.65. The quantitative estimate of drug-likeness (QED) is 0.822. The summed E-state index contributed by atoms with van der Waals surface area (Å²) in [6.45, 7) is 3.95. The summed E-state index contributed by atoms with van der Waals surface area (Å²) in [5.41, 5.74) is 2.57. The maximum Gasteiger partial charge on any atom is 0.104 e. The molecule has 1 nitrogen and oxygen atoms in total. The second-order valence-electron chi connectivity index (χ2n) is 3.70. The monoisotopic (exact) mass is 210 g/mol. The molecular formula is C15H14O. The summed E-state index contributed by atoms with van der Waals surface area (Å²) in [4.78, 5) is 0. The van der Waals surface area contributed by atoms with Crippen molar-refractivity contribution in [2.45, 2.75) is 6.10 Å². The Morgan fingerprint density at radius 3 is 1.94 bits per heavy atom. The van der Waals surface area contributed by atoms with Crippen molar-refractivity contribution < 1.29 is 5.11 Å². The van der Waals surface area contributed by atoms with Crippen molar-refractivity contribution in [2.24, 2.45) is 0 Å². The zero-order valence-corrected chi connectivity index (χ0v) is 9.01. The van der Waals surface area contributed by atoms with E-state index in [1.165, 1.54) is 0 Å². The number of rotatable bonds is 3. The molecule has 0 aliphatic heterocycles. The van der Waals surface area contributed by atoms with Crippen LogP contribution < -0.4 is 0 Å². The lowest BCUT2D eigenvalue weighted by Gasteiger charge is -2.14. The molecule has 0 aliphatic rings. The van der Waals surface area contributed by atoms with Gasteiger partial charge in [-0.2, -0.15) is 0 Å². The summed E-state index contributed by atoms with van der Waals surface area (Å²) < 4.78 is 0. The topological polar surface area (TPSA) is 20.2 Å². The lowest BCUT2D eigenvalue weighted by Crippen LogP contribution is -1.99. The highest BCUT2D eigenvalue weighted by atomic mass is 16.3. The fraction of sp³-hybridized carbons (Fsp3) is 0.0667. The predicted molar refractivity (Wildman–Crippen MR) is 66.9 cm³/mol. The van der Waals surface area contributed by atoms with Gasteiger partial charge in [0.1, 0.15) is 6.10 Å². The highest BCUT2D eigenvalue weighted by molar-refractivity contribution is 5.68. The van der Waals surface area contributed by atoms with Crippen LogP contribution in [0.25, 0.3) is 5.57 Å². The number of aliphatic hydroxyl groups is 1. The SMILES string of the molecule is C=C(c1ccccc1)C(O)c1ccccc1. The molecular weight excluding hydrogens is 196 g/mol. The first-order chi connectivity index (χ1) is 7.79. The van der Waals surface area contributed by atoms with Crippen molar-refractivity contribution in [3.63, 3.8) is 0 Å². The second-order valence-corrected chi connectivity index (χ2v) is 3.70. The van der Waals surface area contributed by atoms with E-state index in [1.807, 2.05) is 60.7 Å². The average Bonchev–Trinajstić information content (AvgIpc) is 2.39. The molecule has 0 aromatic heterocycles. The molecule has 80 valence electrons. The smallest absolute Gasteiger partial charge is 0.104 e. The van der Waals surface area contributed by atoms with E-state index in [0.717, 1.165) is 16.7 Å². The van der Waals surface area contributed by atoms with Crippen molar-refractivity contribution in [3.8, 4) is 0 Å². The summed E-state index contributed by atoms with van der Waals surface area (Å²) >= 11 is 0. The van der Waals surface area contributed by atoms with Crippen molar-refractivity contribution in [2.75, 3.05) is 0 Å². The van der Waals surface area contributed by atoms with Gasteiger partial charge in [0.15, 0.2) is 0 Å². The molecule has 2 rings (SSSR count). The van der Waals surface area contributed by atoms with Gasteiger partial charge in [-0.1, -0.05) is 67.2 Å². The lowest BCUT2D eigenvalue weighted by molar-refractivity contribution is 0.238. The summed E-state index contributed by atoms with van der Waals surface area (Å²) in [6.07, 6.45) is -0.636. The first kappa shape index (κ1) is 10.7. The molecule has 0 heterocycles. The standard InChI is InChI=1S/C15H14O/c1-12(13-8-4-2-5-9-13)15(16)14-10-6-3-7-11-14/h2-11,15-16H,1H2. The van der Waals surface area contributed by atoms with Crippen LogP contribution in [-0.4, -0.2) is 5.11 Å². The van der Waals surface area contributed by atoms with E-state index in [0.29, 0.717) is 0 Å². The van der Waals surface area contributed by atoms with Crippen LogP contribution >= 0.6 is 0 Å². The Hall–Kier alpha value is -1.86. The molecule has 0 saturated heterocycles. The molecule has 1 atom stereocenters. The largest absolute Gasteiger partial charge is 0.384 e. The molecule has 2 aromatic rings. The van der Waals surface area contributed by atoms with E-state index in [4.69, 9.17) is 0 Å². The summed E-state index contributed by atoms with van der Waals surface area (Å²) in [7, 11) is 0. The molecule has 0 spiro atoms. The van der Waals surface area contributed by atoms with Crippen LogP contribution in [0.3, 0.4) is 0 Å². The summed E-state index contributed by atoms with van der Waals surface area (Å²) in [6, 6.07) is 19.3. The Labute approximate surface area is 95.7 Å². The van der Waals surface area contributed by atoms with Crippen LogP contribution in [0.2, 0.25) is 0 Å². The van der Waals surface area contributed by atoms with Crippen LogP contribution in [0.15, 0.2) is 67.2 Å². The van der Waals surface area contributed by atoms with Crippen LogP contribution in [0.4, 0.5) is 0 Å². The molecule has 0 bridgehead atoms. The van der Waals surface area contributed by atoms with E-state index < -0.39 is 6.10 Å². The van der Waals surface area contributed by atoms with Crippen LogP contribution in [-0.2, 0) is 0 Å². The maximum absolute atomic E-state index is 10.1. The Morgan fingerprint density at radius 2 is 1.38 bits per heavy atom. The number of benzene rings is 2. The number of hydrogen-bond acceptors (Lipinski definition) is 1. The third kappa shape index (κ3) is 2.20. The molecule has 0 aliphatic carbocycles. The van der Waals surface area contributed by atoms with Gasteiger partial charge < -0.3 is 5.11 Å². The van der Waals surface area contributed by atoms with E-state index >= 15 is 0 Å². The first-order valence-electron chi connectivity index (χ1n) is 5.26. The van der Waals surface area contributed by atoms with Gasteiger partial charge in [-0.15, -0.1) is 0 Å². The lowest BCUT2D eigenvalue weighted by atomic mass is 9.97. The van der Waals surface area contributed by atoms with Crippen LogP contribution in [0, 0.1) is 0 Å². The molecule has 0 saturated carbocycles. The van der Waals surface area contributed by atoms with Crippen LogP contribution in [0.1, 0.15) is 17.2 Å². The van der Waals surface area contributed by atoms with E-state index in [9.17, 15) is 5.11 Å². The molecule has 0 amide bonds. The third-order valence-corrected chi connectivity index (χ3v) is 2.59. The molecule has 0 fully saturated rings. The van der Waals surface area contributed by atoms with Gasteiger partial charge in [-0.05, 0) is 16.7 Å². The summed E-state index contributed by atoms with van der Waals surface area (Å²) in [5.74, 6) is 0. The Bertz CT molecular complexity index is 459. The minimum atomic E-state index is -0.636. The van der Waals surface area contributed by atoms with E-state index in [-0.39, 0.29) is 0 Å². The van der Waals surface area contributed by atoms with Gasteiger partial charge in [0.25, 0.3) is 0 Å².